The first kappa shape index (κ1) is 14.9. The van der Waals surface area contributed by atoms with Gasteiger partial charge in [0, 0.05) is 44.8 Å². The topological polar surface area (TPSA) is 31.4 Å². The fourth-order valence-corrected chi connectivity index (χ4v) is 3.17. The van der Waals surface area contributed by atoms with Crippen molar-refractivity contribution < 1.29 is 0 Å². The molecule has 1 saturated carbocycles. The Hall–Kier alpha value is -0.970. The molecular formula is C17H28N4. The molecule has 21 heavy (non-hydrogen) atoms. The zero-order valence-electron chi connectivity index (χ0n) is 13.4. The average molecular weight is 288 g/mol. The smallest absolute Gasteiger partial charge is 0.0547 e. The zero-order valence-corrected chi connectivity index (χ0v) is 13.4. The second-order valence-electron chi connectivity index (χ2n) is 6.49. The van der Waals surface area contributed by atoms with E-state index in [9.17, 15) is 0 Å². The van der Waals surface area contributed by atoms with Crippen LogP contribution in [0.4, 0.5) is 0 Å². The number of likely N-dealkylation sites (N-methyl/N-ethyl adjacent to an activating group) is 1. The SMILES string of the molecule is CCN1CCN(Cc2cccc(CNC3CC3)n2)CC1C. The van der Waals surface area contributed by atoms with Crippen LogP contribution >= 0.6 is 0 Å². The van der Waals surface area contributed by atoms with Gasteiger partial charge in [-0.15, -0.1) is 0 Å². The maximum Gasteiger partial charge on any atom is 0.0547 e. The maximum atomic E-state index is 4.81. The van der Waals surface area contributed by atoms with Crippen molar-refractivity contribution in [3.05, 3.63) is 29.6 Å². The van der Waals surface area contributed by atoms with Crippen molar-refractivity contribution in [1.82, 2.24) is 20.1 Å². The Labute approximate surface area is 128 Å². The summed E-state index contributed by atoms with van der Waals surface area (Å²) in [7, 11) is 0. The van der Waals surface area contributed by atoms with Crippen LogP contribution in [0.25, 0.3) is 0 Å². The van der Waals surface area contributed by atoms with E-state index >= 15 is 0 Å². The Balaban J connectivity index is 1.53. The Morgan fingerprint density at radius 3 is 2.76 bits per heavy atom. The van der Waals surface area contributed by atoms with Gasteiger partial charge in [0.1, 0.15) is 0 Å². The fraction of sp³-hybridized carbons (Fsp3) is 0.706. The number of rotatable bonds is 6. The number of nitrogens with one attached hydrogen (secondary N) is 1. The third-order valence-electron chi connectivity index (χ3n) is 4.65. The summed E-state index contributed by atoms with van der Waals surface area (Å²) in [5.41, 5.74) is 2.39. The van der Waals surface area contributed by atoms with Gasteiger partial charge >= 0.3 is 0 Å². The van der Waals surface area contributed by atoms with Crippen LogP contribution in [0.5, 0.6) is 0 Å². The molecule has 0 aromatic carbocycles. The van der Waals surface area contributed by atoms with Crippen LogP contribution in [0.2, 0.25) is 0 Å². The predicted molar refractivity (Wildman–Crippen MR) is 86.1 cm³/mol. The van der Waals surface area contributed by atoms with Crippen molar-refractivity contribution in [2.24, 2.45) is 0 Å². The van der Waals surface area contributed by atoms with Crippen molar-refractivity contribution in [3.63, 3.8) is 0 Å². The molecule has 1 aliphatic heterocycles. The molecule has 0 amide bonds. The van der Waals surface area contributed by atoms with Gasteiger partial charge in [-0.1, -0.05) is 13.0 Å². The molecule has 0 radical (unpaired) electrons. The van der Waals surface area contributed by atoms with E-state index in [1.54, 1.807) is 0 Å². The molecule has 4 nitrogen and oxygen atoms in total. The van der Waals surface area contributed by atoms with E-state index in [4.69, 9.17) is 4.98 Å². The zero-order chi connectivity index (χ0) is 14.7. The standard InChI is InChI=1S/C17H28N4/c1-3-21-10-9-20(12-14(21)2)13-17-6-4-5-16(19-17)11-18-15-7-8-15/h4-6,14-15,18H,3,7-13H2,1-2H3. The number of piperazine rings is 1. The van der Waals surface area contributed by atoms with Crippen LogP contribution in [0.3, 0.4) is 0 Å². The summed E-state index contributed by atoms with van der Waals surface area (Å²) in [5, 5.41) is 3.54. The van der Waals surface area contributed by atoms with Gasteiger partial charge in [0.25, 0.3) is 0 Å². The van der Waals surface area contributed by atoms with Crippen LogP contribution in [-0.4, -0.2) is 53.0 Å². The number of hydrogen-bond donors (Lipinski definition) is 1. The van der Waals surface area contributed by atoms with Crippen molar-refractivity contribution in [1.29, 1.82) is 0 Å². The van der Waals surface area contributed by atoms with Gasteiger partial charge in [-0.2, -0.15) is 0 Å². The van der Waals surface area contributed by atoms with Crippen molar-refractivity contribution in [2.45, 2.75) is 51.9 Å². The maximum absolute atomic E-state index is 4.81. The lowest BCUT2D eigenvalue weighted by atomic mass is 10.2. The van der Waals surface area contributed by atoms with Crippen LogP contribution < -0.4 is 5.32 Å². The molecule has 2 aliphatic rings. The molecule has 1 aromatic rings. The Bertz CT molecular complexity index is 458. The quantitative estimate of drug-likeness (QED) is 0.866. The number of hydrogen-bond acceptors (Lipinski definition) is 4. The Morgan fingerprint density at radius 1 is 1.24 bits per heavy atom. The lowest BCUT2D eigenvalue weighted by Gasteiger charge is -2.39. The highest BCUT2D eigenvalue weighted by Crippen LogP contribution is 2.19. The summed E-state index contributed by atoms with van der Waals surface area (Å²) < 4.78 is 0. The van der Waals surface area contributed by atoms with E-state index in [-0.39, 0.29) is 0 Å². The van der Waals surface area contributed by atoms with Crippen LogP contribution in [-0.2, 0) is 13.1 Å². The normalized spacial score (nSPS) is 24.4. The van der Waals surface area contributed by atoms with E-state index in [1.807, 2.05) is 0 Å². The lowest BCUT2D eigenvalue weighted by molar-refractivity contribution is 0.0826. The third-order valence-corrected chi connectivity index (χ3v) is 4.65. The molecule has 1 saturated heterocycles. The lowest BCUT2D eigenvalue weighted by Crippen LogP contribution is -2.51. The summed E-state index contributed by atoms with van der Waals surface area (Å²) in [6, 6.07) is 7.85. The van der Waals surface area contributed by atoms with E-state index in [2.05, 4.69) is 47.2 Å². The summed E-state index contributed by atoms with van der Waals surface area (Å²) in [6.45, 7) is 11.1. The molecule has 0 spiro atoms. The molecule has 3 rings (SSSR count). The highest BCUT2D eigenvalue weighted by molar-refractivity contribution is 5.11. The summed E-state index contributed by atoms with van der Waals surface area (Å²) >= 11 is 0. The first-order valence-electron chi connectivity index (χ1n) is 8.39. The van der Waals surface area contributed by atoms with E-state index in [0.29, 0.717) is 6.04 Å². The second-order valence-corrected chi connectivity index (χ2v) is 6.49. The predicted octanol–water partition coefficient (Wildman–Crippen LogP) is 1.86. The first-order chi connectivity index (χ1) is 10.2. The average Bonchev–Trinajstić information content (AvgIpc) is 3.30. The van der Waals surface area contributed by atoms with Crippen LogP contribution in [0.15, 0.2) is 18.2 Å². The molecule has 1 aromatic heterocycles. The van der Waals surface area contributed by atoms with Crippen LogP contribution in [0, 0.1) is 0 Å². The molecule has 116 valence electrons. The van der Waals surface area contributed by atoms with Gasteiger partial charge in [0.2, 0.25) is 0 Å². The van der Waals surface area contributed by atoms with Gasteiger partial charge in [-0.25, -0.2) is 0 Å². The molecule has 4 heteroatoms. The monoisotopic (exact) mass is 288 g/mol. The van der Waals surface area contributed by atoms with Gasteiger partial charge in [-0.3, -0.25) is 14.8 Å². The minimum absolute atomic E-state index is 0.656. The van der Waals surface area contributed by atoms with Gasteiger partial charge in [-0.05, 0) is 38.4 Å². The molecule has 1 aliphatic carbocycles. The highest BCUT2D eigenvalue weighted by atomic mass is 15.3. The molecule has 0 bridgehead atoms. The number of pyridine rings is 1. The minimum atomic E-state index is 0.656. The van der Waals surface area contributed by atoms with Crippen molar-refractivity contribution >= 4 is 0 Å². The Kier molecular flexibility index (Phi) is 4.88. The molecule has 2 heterocycles. The summed E-state index contributed by atoms with van der Waals surface area (Å²) in [6.07, 6.45) is 2.67. The third kappa shape index (κ3) is 4.25. The largest absolute Gasteiger partial charge is 0.308 e. The van der Waals surface area contributed by atoms with E-state index in [0.717, 1.165) is 38.8 Å². The van der Waals surface area contributed by atoms with Gasteiger partial charge < -0.3 is 5.32 Å². The molecule has 1 unspecified atom stereocenters. The Morgan fingerprint density at radius 2 is 2.05 bits per heavy atom. The molecular weight excluding hydrogens is 260 g/mol. The number of nitrogens with zero attached hydrogens (tertiary/aromatic N) is 3. The van der Waals surface area contributed by atoms with Crippen molar-refractivity contribution in [2.75, 3.05) is 26.2 Å². The van der Waals surface area contributed by atoms with Crippen LogP contribution in [0.1, 0.15) is 38.1 Å². The molecule has 1 atom stereocenters. The van der Waals surface area contributed by atoms with E-state index < -0.39 is 0 Å². The van der Waals surface area contributed by atoms with E-state index in [1.165, 1.54) is 30.8 Å². The fourth-order valence-electron chi connectivity index (χ4n) is 3.17. The summed E-state index contributed by atoms with van der Waals surface area (Å²) in [4.78, 5) is 9.91. The van der Waals surface area contributed by atoms with Gasteiger partial charge in [0.05, 0.1) is 11.4 Å². The van der Waals surface area contributed by atoms with Gasteiger partial charge in [0.15, 0.2) is 0 Å². The highest BCUT2D eigenvalue weighted by Gasteiger charge is 2.23. The molecule has 2 fully saturated rings. The summed E-state index contributed by atoms with van der Waals surface area (Å²) in [5.74, 6) is 0. The first-order valence-corrected chi connectivity index (χ1v) is 8.39. The molecule has 1 N–H and O–H groups in total. The number of aromatic nitrogens is 1. The second kappa shape index (κ2) is 6.86. The minimum Gasteiger partial charge on any atom is -0.308 e. The van der Waals surface area contributed by atoms with Crippen molar-refractivity contribution in [3.8, 4) is 0 Å².